The number of carboxylic acid groups (broad SMARTS) is 1. The summed E-state index contributed by atoms with van der Waals surface area (Å²) in [4.78, 5) is 127. The van der Waals surface area contributed by atoms with E-state index in [-0.39, 0.29) is 76.5 Å². The quantitative estimate of drug-likeness (QED) is 0.0127. The Morgan fingerprint density at radius 1 is 0.842 bits per heavy atom. The van der Waals surface area contributed by atoms with Crippen LogP contribution < -0.4 is 77.4 Å². The molecule has 1 aliphatic heterocycles. The Morgan fingerprint density at radius 2 is 1.50 bits per heavy atom. The highest BCUT2D eigenvalue weighted by Gasteiger charge is 2.63. The van der Waals surface area contributed by atoms with Crippen LogP contribution in [0, 0.1) is 11.8 Å². The molecule has 426 valence electrons. The Kier molecular flexibility index (Phi) is 26.4. The fraction of sp³-hybridized carbons (Fsp3) is 0.673. The molecule has 8 amide bonds. The fourth-order valence-electron chi connectivity index (χ4n) is 8.96. The number of nitrogens with zero attached hydrogens (tertiary/aromatic N) is 2. The minimum absolute atomic E-state index is 0.0542. The van der Waals surface area contributed by atoms with Crippen molar-refractivity contribution in [1.82, 2.24) is 42.1 Å². The number of aliphatic imine (C=N–C) groups is 1. The first kappa shape index (κ1) is 63.8. The van der Waals surface area contributed by atoms with Gasteiger partial charge < -0.3 is 92.5 Å². The molecule has 0 aromatic rings. The maximum absolute atomic E-state index is 14.7. The maximum atomic E-state index is 14.7. The monoisotopic (exact) mass is 1070 g/mol. The van der Waals surface area contributed by atoms with Gasteiger partial charge in [0.1, 0.15) is 41.4 Å². The number of amides is 8. The van der Waals surface area contributed by atoms with E-state index in [2.05, 4.69) is 42.2 Å². The average Bonchev–Trinajstić information content (AvgIpc) is 3.90. The number of carbonyl (C=O) groups excluding carboxylic acids is 8. The number of likely N-dealkylation sites (tertiary alicyclic amines) is 1. The molecule has 2 fully saturated rings. The number of rotatable bonds is 33. The fourth-order valence-corrected chi connectivity index (χ4v) is 8.96. The van der Waals surface area contributed by atoms with E-state index in [4.69, 9.17) is 40.1 Å². The van der Waals surface area contributed by atoms with Crippen molar-refractivity contribution in [2.75, 3.05) is 45.8 Å². The molecule has 1 heterocycles. The van der Waals surface area contributed by atoms with Gasteiger partial charge in [-0.1, -0.05) is 42.7 Å². The van der Waals surface area contributed by atoms with Gasteiger partial charge in [-0.3, -0.25) is 43.3 Å². The van der Waals surface area contributed by atoms with Crippen LogP contribution in [-0.4, -0.2) is 168 Å². The molecule has 0 bridgehead atoms. The molecule has 2 unspecified atom stereocenters. The normalized spacial score (nSPS) is 21.4. The number of carbonyl (C=O) groups is 9. The van der Waals surface area contributed by atoms with E-state index < -0.39 is 126 Å². The predicted octanol–water partition coefficient (Wildman–Crippen LogP) is -4.77. The molecule has 27 heteroatoms. The molecule has 3 rings (SSSR count). The molecular formula is C49H84N16O11. The van der Waals surface area contributed by atoms with Crippen LogP contribution >= 0.6 is 0 Å². The number of aliphatic hydroxyl groups excluding tert-OH is 1. The Bertz CT molecular complexity index is 2180. The number of hydrogen-bond donors (Lipinski definition) is 16. The molecule has 76 heavy (non-hydrogen) atoms. The lowest BCUT2D eigenvalue weighted by molar-refractivity contribution is -0.142. The summed E-state index contributed by atoms with van der Waals surface area (Å²) in [6.07, 6.45) is 7.82. The van der Waals surface area contributed by atoms with Gasteiger partial charge in [0.15, 0.2) is 5.96 Å². The van der Waals surface area contributed by atoms with Crippen molar-refractivity contribution in [1.29, 1.82) is 0 Å². The lowest BCUT2D eigenvalue weighted by Gasteiger charge is -2.31. The maximum Gasteiger partial charge on any atom is 0.352 e. The number of aliphatic hydroxyl groups is 1. The van der Waals surface area contributed by atoms with Crippen LogP contribution in [-0.2, 0) is 43.2 Å². The third-order valence-electron chi connectivity index (χ3n) is 13.7. The summed E-state index contributed by atoms with van der Waals surface area (Å²) in [5.74, 6) is -7.99. The van der Waals surface area contributed by atoms with Gasteiger partial charge in [0.05, 0.1) is 18.7 Å². The zero-order chi connectivity index (χ0) is 56.7. The van der Waals surface area contributed by atoms with Crippen LogP contribution in [0.5, 0.6) is 0 Å². The molecule has 1 saturated heterocycles. The summed E-state index contributed by atoms with van der Waals surface area (Å²) in [6.45, 7) is 5.32. The summed E-state index contributed by atoms with van der Waals surface area (Å²) in [7, 11) is 0. The number of nitrogens with two attached hydrogens (primary N) is 7. The van der Waals surface area contributed by atoms with E-state index in [0.717, 1.165) is 11.1 Å². The second kappa shape index (κ2) is 31.5. The van der Waals surface area contributed by atoms with Gasteiger partial charge in [0.2, 0.25) is 47.3 Å². The van der Waals surface area contributed by atoms with Crippen molar-refractivity contribution >= 4 is 59.2 Å². The first-order chi connectivity index (χ1) is 36.0. The topological polar surface area (TPSA) is 476 Å². The van der Waals surface area contributed by atoms with Gasteiger partial charge in [-0.25, -0.2) is 4.79 Å². The molecule has 23 N–H and O–H groups in total. The lowest BCUT2D eigenvalue weighted by atomic mass is 9.86. The largest absolute Gasteiger partial charge is 0.477 e. The number of aliphatic carboxylic acids is 1. The molecule has 10 atom stereocenters. The molecule has 0 aromatic heterocycles. The molecule has 2 aliphatic carbocycles. The van der Waals surface area contributed by atoms with Gasteiger partial charge in [-0.05, 0) is 116 Å². The Balaban J connectivity index is 1.79. The zero-order valence-electron chi connectivity index (χ0n) is 44.1. The highest BCUT2D eigenvalue weighted by Crippen LogP contribution is 2.52. The zero-order valence-corrected chi connectivity index (χ0v) is 44.1. The first-order valence-corrected chi connectivity index (χ1v) is 26.1. The summed E-state index contributed by atoms with van der Waals surface area (Å²) in [5, 5.41) is 38.3. The third-order valence-corrected chi connectivity index (χ3v) is 13.7. The summed E-state index contributed by atoms with van der Waals surface area (Å²) >= 11 is 0. The number of unbranched alkanes of at least 4 members (excludes halogenated alkanes) is 2. The Morgan fingerprint density at radius 3 is 2.12 bits per heavy atom. The number of nitrogens with one attached hydrogen (secondary N) is 7. The number of carboxylic acids is 1. The molecule has 0 spiro atoms. The highest BCUT2D eigenvalue weighted by molar-refractivity contribution is 6.02. The lowest BCUT2D eigenvalue weighted by Crippen LogP contribution is -2.60. The van der Waals surface area contributed by atoms with E-state index in [1.165, 1.54) is 17.9 Å². The summed E-state index contributed by atoms with van der Waals surface area (Å²) in [6, 6.07) is -7.36. The minimum Gasteiger partial charge on any atom is -0.477 e. The van der Waals surface area contributed by atoms with Gasteiger partial charge in [-0.2, -0.15) is 0 Å². The van der Waals surface area contributed by atoms with E-state index in [0.29, 0.717) is 51.6 Å². The van der Waals surface area contributed by atoms with Crippen molar-refractivity contribution in [2.24, 2.45) is 57.0 Å². The van der Waals surface area contributed by atoms with Gasteiger partial charge in [-0.15, -0.1) is 0 Å². The van der Waals surface area contributed by atoms with Crippen molar-refractivity contribution < 1.29 is 53.4 Å². The second-order valence-corrected chi connectivity index (χ2v) is 19.7. The number of allylic oxidation sites excluding steroid dienone is 3. The van der Waals surface area contributed by atoms with Crippen LogP contribution in [0.3, 0.4) is 0 Å². The summed E-state index contributed by atoms with van der Waals surface area (Å²) < 4.78 is 0. The van der Waals surface area contributed by atoms with E-state index in [1.807, 2.05) is 26.0 Å². The molecule has 0 radical (unpaired) electrons. The Labute approximate surface area is 443 Å². The van der Waals surface area contributed by atoms with Crippen molar-refractivity contribution in [2.45, 2.75) is 152 Å². The van der Waals surface area contributed by atoms with Crippen molar-refractivity contribution in [3.8, 4) is 0 Å². The molecule has 27 nitrogen and oxygen atoms in total. The van der Waals surface area contributed by atoms with Crippen LogP contribution in [0.25, 0.3) is 0 Å². The Hall–Kier alpha value is -6.52. The van der Waals surface area contributed by atoms with E-state index in [1.54, 1.807) is 0 Å². The number of hydrogen-bond acceptors (Lipinski definition) is 16. The van der Waals surface area contributed by atoms with Crippen LogP contribution in [0.2, 0.25) is 0 Å². The minimum atomic E-state index is -1.56. The average molecular weight is 1070 g/mol. The SMILES string of the molecule is CC1=CC=C([C@@H]2CC2(NC(=O)[C@@H]2CCCN2C(=O)[C@@H](CCCN)NC(=O)CNC(=O)[C@H](C)NC(=O)[C@@H](NC(=O)[C@@H](N)CCCCN)[C@@H](O)CN)C(=O)N[C@@H](CCCCN)C(=O)N/C(=C\CCN=C(N)N)C(=O)O)CC1C. The van der Waals surface area contributed by atoms with E-state index in [9.17, 15) is 53.4 Å². The number of guanidine groups is 1. The van der Waals surface area contributed by atoms with Gasteiger partial charge >= 0.3 is 5.97 Å². The molecule has 3 aliphatic rings. The van der Waals surface area contributed by atoms with Crippen LogP contribution in [0.1, 0.15) is 104 Å². The molecule has 0 aromatic carbocycles. The standard InChI is InChI=1S/C49H84N16O11/c1-27-16-17-30(23-28(27)2)31-24-49(31,47(76)62-33(12-5-7-19-51)42(70)61-35(46(74)75)14-9-21-57-48(55)56)64-43(71)36-15-10-22-65(36)45(73)34(13-8-20-52)60-38(67)26-58-40(68)29(3)59-44(72)39(37(66)25-53)63-41(69)32(54)11-4-6-18-50/h14,16-17,28-29,31-34,36-37,39,66H,4-13,15,18-26,50-54H2,1-3H3,(H,58,68)(H,59,72)(H,60,67)(H,61,70)(H,62,76)(H,63,69)(H,64,71)(H,74,75)(H4,55,56,57)/b35-14-/t28?,29-,31-,32-,33-,34+,36-,37-,39-,49?/m0/s1. The van der Waals surface area contributed by atoms with Crippen LogP contribution in [0.4, 0.5) is 0 Å². The first-order valence-electron chi connectivity index (χ1n) is 26.1. The highest BCUT2D eigenvalue weighted by atomic mass is 16.4. The van der Waals surface area contributed by atoms with Gasteiger partial charge in [0, 0.05) is 25.6 Å². The molecule has 1 saturated carbocycles. The van der Waals surface area contributed by atoms with Crippen molar-refractivity contribution in [3.63, 3.8) is 0 Å². The van der Waals surface area contributed by atoms with Gasteiger partial charge in [0.25, 0.3) is 0 Å². The van der Waals surface area contributed by atoms with E-state index >= 15 is 0 Å². The molecular weight excluding hydrogens is 989 g/mol. The van der Waals surface area contributed by atoms with Crippen LogP contribution in [0.15, 0.2) is 40.1 Å². The second-order valence-electron chi connectivity index (χ2n) is 19.7. The predicted molar refractivity (Wildman–Crippen MR) is 282 cm³/mol. The smallest absolute Gasteiger partial charge is 0.352 e. The third kappa shape index (κ3) is 19.2. The van der Waals surface area contributed by atoms with Crippen molar-refractivity contribution in [3.05, 3.63) is 35.1 Å². The summed E-state index contributed by atoms with van der Waals surface area (Å²) in [5.41, 5.74) is 39.3.